The number of benzene rings is 2. The Hall–Kier alpha value is -2.33. The zero-order valence-electron chi connectivity index (χ0n) is 15.7. The van der Waals surface area contributed by atoms with Crippen LogP contribution in [0, 0.1) is 6.92 Å². The van der Waals surface area contributed by atoms with Crippen molar-refractivity contribution < 1.29 is 9.32 Å². The van der Waals surface area contributed by atoms with Crippen LogP contribution in [0.15, 0.2) is 58.1 Å². The molecule has 0 spiro atoms. The molecule has 3 nitrogen and oxygen atoms in total. The van der Waals surface area contributed by atoms with Gasteiger partial charge >= 0.3 is 0 Å². The Bertz CT molecular complexity index is 958. The van der Waals surface area contributed by atoms with Crippen LogP contribution in [0.4, 0.5) is 0 Å². The van der Waals surface area contributed by atoms with E-state index < -0.39 is 0 Å². The number of hydrogen-bond donors (Lipinski definition) is 0. The van der Waals surface area contributed by atoms with Crippen LogP contribution in [-0.4, -0.2) is 16.7 Å². The number of carbonyl (C=O) groups excluding carboxylic acids is 1. The van der Waals surface area contributed by atoms with Crippen LogP contribution in [0.3, 0.4) is 0 Å². The van der Waals surface area contributed by atoms with Crippen molar-refractivity contribution in [3.05, 3.63) is 82.2 Å². The second-order valence-electron chi connectivity index (χ2n) is 7.02. The fourth-order valence-corrected chi connectivity index (χ4v) is 4.31. The van der Waals surface area contributed by atoms with E-state index in [1.165, 1.54) is 16.0 Å². The van der Waals surface area contributed by atoms with Gasteiger partial charge in [-0.25, -0.2) is 0 Å². The Morgan fingerprint density at radius 3 is 2.63 bits per heavy atom. The Morgan fingerprint density at radius 2 is 1.93 bits per heavy atom. The summed E-state index contributed by atoms with van der Waals surface area (Å²) >= 11 is 1.82. The van der Waals surface area contributed by atoms with Crippen LogP contribution in [0.5, 0.6) is 0 Å². The van der Waals surface area contributed by atoms with Crippen molar-refractivity contribution in [3.63, 3.8) is 0 Å². The number of ketones is 1. The van der Waals surface area contributed by atoms with Gasteiger partial charge in [0.15, 0.2) is 11.5 Å². The average Bonchev–Trinajstić information content (AvgIpc) is 3.42. The number of rotatable bonds is 7. The molecule has 1 heterocycles. The van der Waals surface area contributed by atoms with Crippen LogP contribution in [0.1, 0.15) is 64.1 Å². The SMILES string of the molecule is CCSc1ccc(C(=O)c2cnoc2C2CC2)c(Cc2ccccc2)c1C. The molecule has 0 aliphatic heterocycles. The van der Waals surface area contributed by atoms with Crippen molar-refractivity contribution in [2.24, 2.45) is 0 Å². The summed E-state index contributed by atoms with van der Waals surface area (Å²) in [7, 11) is 0. The molecule has 1 aliphatic carbocycles. The van der Waals surface area contributed by atoms with Crippen LogP contribution < -0.4 is 0 Å². The molecule has 0 N–H and O–H groups in total. The first-order chi connectivity index (χ1) is 13.2. The molecular formula is C23H23NO2S. The van der Waals surface area contributed by atoms with Gasteiger partial charge in [0.1, 0.15) is 0 Å². The van der Waals surface area contributed by atoms with E-state index >= 15 is 0 Å². The summed E-state index contributed by atoms with van der Waals surface area (Å²) < 4.78 is 5.41. The molecule has 4 rings (SSSR count). The summed E-state index contributed by atoms with van der Waals surface area (Å²) in [6.07, 6.45) is 4.50. The van der Waals surface area contributed by atoms with E-state index in [9.17, 15) is 4.79 Å². The lowest BCUT2D eigenvalue weighted by Crippen LogP contribution is -2.09. The normalized spacial score (nSPS) is 13.7. The van der Waals surface area contributed by atoms with E-state index in [0.717, 1.165) is 41.9 Å². The van der Waals surface area contributed by atoms with Crippen molar-refractivity contribution >= 4 is 17.5 Å². The third kappa shape index (κ3) is 3.72. The molecule has 2 aromatic carbocycles. The molecule has 0 saturated heterocycles. The van der Waals surface area contributed by atoms with E-state index in [2.05, 4.69) is 37.2 Å². The third-order valence-electron chi connectivity index (χ3n) is 5.11. The fraction of sp³-hybridized carbons (Fsp3) is 0.304. The van der Waals surface area contributed by atoms with Gasteiger partial charge in [-0.3, -0.25) is 4.79 Å². The summed E-state index contributed by atoms with van der Waals surface area (Å²) in [5.74, 6) is 2.16. The summed E-state index contributed by atoms with van der Waals surface area (Å²) in [5, 5.41) is 3.91. The monoisotopic (exact) mass is 377 g/mol. The minimum atomic E-state index is 0.0280. The molecule has 27 heavy (non-hydrogen) atoms. The molecule has 0 unspecified atom stereocenters. The van der Waals surface area contributed by atoms with Crippen molar-refractivity contribution in [2.45, 2.75) is 43.9 Å². The van der Waals surface area contributed by atoms with Crippen molar-refractivity contribution in [3.8, 4) is 0 Å². The van der Waals surface area contributed by atoms with Gasteiger partial charge in [0.05, 0.1) is 11.8 Å². The molecule has 3 aromatic rings. The van der Waals surface area contributed by atoms with Gasteiger partial charge in [0.2, 0.25) is 0 Å². The highest BCUT2D eigenvalue weighted by atomic mass is 32.2. The lowest BCUT2D eigenvalue weighted by atomic mass is 9.91. The summed E-state index contributed by atoms with van der Waals surface area (Å²) in [4.78, 5) is 14.6. The van der Waals surface area contributed by atoms with Crippen molar-refractivity contribution in [1.29, 1.82) is 0 Å². The van der Waals surface area contributed by atoms with E-state index in [0.29, 0.717) is 11.5 Å². The Morgan fingerprint density at radius 1 is 1.15 bits per heavy atom. The minimum Gasteiger partial charge on any atom is -0.360 e. The predicted octanol–water partition coefficient (Wildman–Crippen LogP) is 5.79. The number of carbonyl (C=O) groups is 1. The van der Waals surface area contributed by atoms with Gasteiger partial charge in [-0.2, -0.15) is 0 Å². The molecule has 1 aromatic heterocycles. The average molecular weight is 378 g/mol. The highest BCUT2D eigenvalue weighted by Crippen LogP contribution is 2.42. The molecule has 0 radical (unpaired) electrons. The number of thioether (sulfide) groups is 1. The molecule has 1 aliphatic rings. The first-order valence-electron chi connectivity index (χ1n) is 9.47. The molecule has 138 valence electrons. The zero-order chi connectivity index (χ0) is 18.8. The van der Waals surface area contributed by atoms with E-state index in [1.807, 2.05) is 36.0 Å². The highest BCUT2D eigenvalue weighted by molar-refractivity contribution is 7.99. The molecule has 1 saturated carbocycles. The lowest BCUT2D eigenvalue weighted by Gasteiger charge is -2.15. The summed E-state index contributed by atoms with van der Waals surface area (Å²) in [5.41, 5.74) is 4.90. The predicted molar refractivity (Wildman–Crippen MR) is 109 cm³/mol. The smallest absolute Gasteiger partial charge is 0.198 e. The largest absolute Gasteiger partial charge is 0.360 e. The van der Waals surface area contributed by atoms with Crippen LogP contribution in [0.25, 0.3) is 0 Å². The van der Waals surface area contributed by atoms with Gasteiger partial charge in [-0.05, 0) is 60.8 Å². The van der Waals surface area contributed by atoms with Crippen LogP contribution in [-0.2, 0) is 6.42 Å². The topological polar surface area (TPSA) is 43.1 Å². The first-order valence-corrected chi connectivity index (χ1v) is 10.5. The fourth-order valence-electron chi connectivity index (χ4n) is 3.49. The molecule has 0 amide bonds. The summed E-state index contributed by atoms with van der Waals surface area (Å²) in [6.45, 7) is 4.28. The summed E-state index contributed by atoms with van der Waals surface area (Å²) in [6, 6.07) is 14.4. The van der Waals surface area contributed by atoms with Gasteiger partial charge < -0.3 is 4.52 Å². The third-order valence-corrected chi connectivity index (χ3v) is 6.15. The lowest BCUT2D eigenvalue weighted by molar-refractivity contribution is 0.103. The minimum absolute atomic E-state index is 0.0280. The maximum atomic E-state index is 13.4. The number of hydrogen-bond acceptors (Lipinski definition) is 4. The number of nitrogens with zero attached hydrogens (tertiary/aromatic N) is 1. The highest BCUT2D eigenvalue weighted by Gasteiger charge is 2.33. The molecule has 0 bridgehead atoms. The Balaban J connectivity index is 1.77. The maximum Gasteiger partial charge on any atom is 0.198 e. The molecule has 4 heteroatoms. The second kappa shape index (κ2) is 7.73. The Labute approximate surface area is 164 Å². The molecule has 1 fully saturated rings. The van der Waals surface area contributed by atoms with E-state index in [1.54, 1.807) is 6.20 Å². The first kappa shape index (κ1) is 18.1. The van der Waals surface area contributed by atoms with Crippen molar-refractivity contribution in [1.82, 2.24) is 5.16 Å². The zero-order valence-corrected chi connectivity index (χ0v) is 16.5. The Kier molecular flexibility index (Phi) is 5.17. The number of aromatic nitrogens is 1. The quantitative estimate of drug-likeness (QED) is 0.386. The standard InChI is InChI=1S/C23H23NO2S/c1-3-27-21-12-11-18(19(15(21)2)13-16-7-5-4-6-8-16)22(25)20-14-24-26-23(20)17-9-10-17/h4-8,11-12,14,17H,3,9-10,13H2,1-2H3. The van der Waals surface area contributed by atoms with Crippen LogP contribution in [0.2, 0.25) is 0 Å². The van der Waals surface area contributed by atoms with Gasteiger partial charge in [-0.1, -0.05) is 42.4 Å². The van der Waals surface area contributed by atoms with E-state index in [4.69, 9.17) is 4.52 Å². The second-order valence-corrected chi connectivity index (χ2v) is 8.32. The van der Waals surface area contributed by atoms with Gasteiger partial charge in [0.25, 0.3) is 0 Å². The molecular weight excluding hydrogens is 354 g/mol. The van der Waals surface area contributed by atoms with Crippen LogP contribution >= 0.6 is 11.8 Å². The molecule has 0 atom stereocenters. The van der Waals surface area contributed by atoms with Crippen molar-refractivity contribution in [2.75, 3.05) is 5.75 Å². The van der Waals surface area contributed by atoms with Gasteiger partial charge in [-0.15, -0.1) is 11.8 Å². The maximum absolute atomic E-state index is 13.4. The van der Waals surface area contributed by atoms with Gasteiger partial charge in [0, 0.05) is 16.4 Å². The van der Waals surface area contributed by atoms with E-state index in [-0.39, 0.29) is 5.78 Å².